The lowest BCUT2D eigenvalue weighted by Gasteiger charge is -2.49. The second kappa shape index (κ2) is 6.72. The van der Waals surface area contributed by atoms with Crippen molar-refractivity contribution in [1.29, 1.82) is 0 Å². The van der Waals surface area contributed by atoms with Crippen LogP contribution in [0.2, 0.25) is 0 Å². The van der Waals surface area contributed by atoms with Gasteiger partial charge in [-0.1, -0.05) is 20.8 Å². The van der Waals surface area contributed by atoms with Gasteiger partial charge in [-0.15, -0.1) is 0 Å². The van der Waals surface area contributed by atoms with Crippen LogP contribution in [0, 0.1) is 0 Å². The summed E-state index contributed by atoms with van der Waals surface area (Å²) in [5.74, 6) is 0. The minimum atomic E-state index is 0.313. The molecular weight excluding hydrogens is 212 g/mol. The topological polar surface area (TPSA) is 24.5 Å². The molecule has 1 aliphatic rings. The monoisotopic (exact) mass is 242 g/mol. The highest BCUT2D eigenvalue weighted by molar-refractivity contribution is 4.97. The van der Waals surface area contributed by atoms with Crippen molar-refractivity contribution in [2.45, 2.75) is 64.6 Å². The fourth-order valence-corrected chi connectivity index (χ4v) is 2.94. The van der Waals surface area contributed by atoms with Crippen LogP contribution in [0.4, 0.5) is 0 Å². The Morgan fingerprint density at radius 2 is 2.00 bits per heavy atom. The number of nitrogens with one attached hydrogen (secondary N) is 1. The van der Waals surface area contributed by atoms with E-state index in [2.05, 4.69) is 37.9 Å². The summed E-state index contributed by atoms with van der Waals surface area (Å²) in [6.45, 7) is 12.3. The largest absolute Gasteiger partial charge is 0.383 e. The lowest BCUT2D eigenvalue weighted by molar-refractivity contribution is 0.0105. The second-order valence-corrected chi connectivity index (χ2v) is 5.41. The molecule has 0 aromatic heterocycles. The number of hydrogen-bond acceptors (Lipinski definition) is 3. The van der Waals surface area contributed by atoms with Gasteiger partial charge in [0, 0.05) is 37.8 Å². The molecule has 1 aliphatic heterocycles. The predicted molar refractivity (Wildman–Crippen MR) is 73.4 cm³/mol. The molecule has 0 aliphatic carbocycles. The zero-order valence-electron chi connectivity index (χ0n) is 12.3. The van der Waals surface area contributed by atoms with Crippen LogP contribution in [0.3, 0.4) is 0 Å². The summed E-state index contributed by atoms with van der Waals surface area (Å²) in [7, 11) is 1.80. The molecule has 1 N–H and O–H groups in total. The molecule has 0 radical (unpaired) electrons. The van der Waals surface area contributed by atoms with Gasteiger partial charge in [0.25, 0.3) is 0 Å². The van der Waals surface area contributed by atoms with E-state index in [9.17, 15) is 0 Å². The van der Waals surface area contributed by atoms with Gasteiger partial charge in [0.2, 0.25) is 0 Å². The lowest BCUT2D eigenvalue weighted by Crippen LogP contribution is -2.65. The highest BCUT2D eigenvalue weighted by Crippen LogP contribution is 2.25. The van der Waals surface area contributed by atoms with Gasteiger partial charge in [-0.25, -0.2) is 0 Å². The van der Waals surface area contributed by atoms with E-state index in [-0.39, 0.29) is 0 Å². The third-order valence-corrected chi connectivity index (χ3v) is 4.47. The summed E-state index contributed by atoms with van der Waals surface area (Å²) in [6, 6.07) is 1.18. The minimum Gasteiger partial charge on any atom is -0.383 e. The molecule has 0 aromatic rings. The average molecular weight is 242 g/mol. The van der Waals surface area contributed by atoms with Crippen LogP contribution in [0.1, 0.15) is 47.0 Å². The highest BCUT2D eigenvalue weighted by atomic mass is 16.5. The van der Waals surface area contributed by atoms with Gasteiger partial charge in [0.1, 0.15) is 0 Å². The van der Waals surface area contributed by atoms with Crippen LogP contribution in [0.15, 0.2) is 0 Å². The van der Waals surface area contributed by atoms with E-state index in [1.165, 1.54) is 19.3 Å². The first-order chi connectivity index (χ1) is 8.12. The maximum Gasteiger partial charge on any atom is 0.0615 e. The van der Waals surface area contributed by atoms with Gasteiger partial charge in [-0.3, -0.25) is 4.90 Å². The van der Waals surface area contributed by atoms with Gasteiger partial charge >= 0.3 is 0 Å². The maximum atomic E-state index is 5.32. The molecule has 17 heavy (non-hydrogen) atoms. The van der Waals surface area contributed by atoms with Crippen molar-refractivity contribution in [3.63, 3.8) is 0 Å². The van der Waals surface area contributed by atoms with Crippen LogP contribution >= 0.6 is 0 Å². The average Bonchev–Trinajstić information content (AvgIpc) is 2.38. The SMILES string of the molecule is CCC1CNC(CC)(CC)CN1C(C)COC. The zero-order valence-corrected chi connectivity index (χ0v) is 12.3. The van der Waals surface area contributed by atoms with E-state index in [1.54, 1.807) is 7.11 Å². The van der Waals surface area contributed by atoms with E-state index >= 15 is 0 Å². The molecule has 2 atom stereocenters. The van der Waals surface area contributed by atoms with E-state index in [1.807, 2.05) is 0 Å². The van der Waals surface area contributed by atoms with E-state index in [0.717, 1.165) is 19.7 Å². The van der Waals surface area contributed by atoms with Crippen molar-refractivity contribution in [2.75, 3.05) is 26.8 Å². The molecule has 1 rings (SSSR count). The Morgan fingerprint density at radius 1 is 1.35 bits per heavy atom. The Kier molecular flexibility index (Phi) is 5.90. The van der Waals surface area contributed by atoms with Crippen molar-refractivity contribution >= 4 is 0 Å². The van der Waals surface area contributed by atoms with E-state index < -0.39 is 0 Å². The van der Waals surface area contributed by atoms with Crippen molar-refractivity contribution in [2.24, 2.45) is 0 Å². The van der Waals surface area contributed by atoms with Crippen LogP contribution in [0.25, 0.3) is 0 Å². The summed E-state index contributed by atoms with van der Waals surface area (Å²) >= 11 is 0. The first kappa shape index (κ1) is 14.9. The first-order valence-corrected chi connectivity index (χ1v) is 7.12. The van der Waals surface area contributed by atoms with Crippen LogP contribution in [-0.4, -0.2) is 49.3 Å². The molecule has 1 heterocycles. The Hall–Kier alpha value is -0.120. The maximum absolute atomic E-state index is 5.32. The van der Waals surface area contributed by atoms with Crippen LogP contribution < -0.4 is 5.32 Å². The third-order valence-electron chi connectivity index (χ3n) is 4.47. The number of methoxy groups -OCH3 is 1. The molecule has 3 heteroatoms. The normalized spacial score (nSPS) is 27.0. The van der Waals surface area contributed by atoms with Gasteiger partial charge in [0.15, 0.2) is 0 Å². The first-order valence-electron chi connectivity index (χ1n) is 7.12. The van der Waals surface area contributed by atoms with Crippen molar-refractivity contribution in [3.05, 3.63) is 0 Å². The van der Waals surface area contributed by atoms with Crippen molar-refractivity contribution < 1.29 is 4.74 Å². The molecule has 102 valence electrons. The Labute approximate surface area is 107 Å². The number of piperazine rings is 1. The Balaban J connectivity index is 2.73. The molecular formula is C14H30N2O. The molecule has 2 unspecified atom stereocenters. The lowest BCUT2D eigenvalue weighted by atomic mass is 9.87. The number of rotatable bonds is 6. The number of ether oxygens (including phenoxy) is 1. The van der Waals surface area contributed by atoms with Crippen molar-refractivity contribution in [3.8, 4) is 0 Å². The molecule has 0 amide bonds. The molecule has 0 bridgehead atoms. The molecule has 0 saturated carbocycles. The van der Waals surface area contributed by atoms with Gasteiger partial charge in [-0.05, 0) is 26.2 Å². The fourth-order valence-electron chi connectivity index (χ4n) is 2.94. The van der Waals surface area contributed by atoms with Gasteiger partial charge < -0.3 is 10.1 Å². The summed E-state index contributed by atoms with van der Waals surface area (Å²) in [6.07, 6.45) is 3.62. The second-order valence-electron chi connectivity index (χ2n) is 5.41. The molecule has 3 nitrogen and oxygen atoms in total. The standard InChI is InChI=1S/C14H30N2O/c1-6-13-9-15-14(7-2,8-3)11-16(13)12(4)10-17-5/h12-13,15H,6-11H2,1-5H3. The molecule has 0 aromatic carbocycles. The summed E-state index contributed by atoms with van der Waals surface area (Å²) in [4.78, 5) is 2.65. The van der Waals surface area contributed by atoms with E-state index in [4.69, 9.17) is 4.74 Å². The third kappa shape index (κ3) is 3.43. The summed E-state index contributed by atoms with van der Waals surface area (Å²) < 4.78 is 5.32. The number of nitrogens with zero attached hydrogens (tertiary/aromatic N) is 1. The van der Waals surface area contributed by atoms with Gasteiger partial charge in [-0.2, -0.15) is 0 Å². The Bertz CT molecular complexity index is 216. The molecule has 0 spiro atoms. The number of hydrogen-bond donors (Lipinski definition) is 1. The van der Waals surface area contributed by atoms with Crippen LogP contribution in [-0.2, 0) is 4.74 Å². The summed E-state index contributed by atoms with van der Waals surface area (Å²) in [5, 5.41) is 3.78. The van der Waals surface area contributed by atoms with E-state index in [0.29, 0.717) is 17.6 Å². The van der Waals surface area contributed by atoms with Crippen LogP contribution in [0.5, 0.6) is 0 Å². The minimum absolute atomic E-state index is 0.313. The summed E-state index contributed by atoms with van der Waals surface area (Å²) in [5.41, 5.74) is 0.313. The smallest absolute Gasteiger partial charge is 0.0615 e. The highest BCUT2D eigenvalue weighted by Gasteiger charge is 2.37. The molecule has 1 fully saturated rings. The zero-order chi connectivity index (χ0) is 12.9. The predicted octanol–water partition coefficient (Wildman–Crippen LogP) is 2.26. The van der Waals surface area contributed by atoms with Crippen molar-refractivity contribution in [1.82, 2.24) is 10.2 Å². The fraction of sp³-hybridized carbons (Fsp3) is 1.00. The Morgan fingerprint density at radius 3 is 2.47 bits per heavy atom. The quantitative estimate of drug-likeness (QED) is 0.773. The van der Waals surface area contributed by atoms with Gasteiger partial charge in [0.05, 0.1) is 6.61 Å². The molecule has 1 saturated heterocycles.